The molecule has 1 atom stereocenters. The highest BCUT2D eigenvalue weighted by atomic mass is 32.2. The van der Waals surface area contributed by atoms with E-state index in [4.69, 9.17) is 9.57 Å². The minimum absolute atomic E-state index is 0.0566. The highest BCUT2D eigenvalue weighted by Crippen LogP contribution is 2.33. The molecule has 0 bridgehead atoms. The van der Waals surface area contributed by atoms with Gasteiger partial charge in [0.15, 0.2) is 5.69 Å². The van der Waals surface area contributed by atoms with Crippen LogP contribution < -0.4 is 4.72 Å². The number of carbonyl (C=O) groups is 2. The van der Waals surface area contributed by atoms with E-state index < -0.39 is 51.9 Å². The van der Waals surface area contributed by atoms with Crippen LogP contribution in [0.3, 0.4) is 0 Å². The number of rotatable bonds is 10. The quantitative estimate of drug-likeness (QED) is 0.114. The van der Waals surface area contributed by atoms with Gasteiger partial charge in [0.1, 0.15) is 0 Å². The number of esters is 1. The number of carbonyl (C=O) groups excluding carboxylic acids is 2. The molecule has 1 aliphatic rings. The Kier molecular flexibility index (Phi) is 9.17. The largest absolute Gasteiger partial charge is 0.569 e. The molecule has 1 unspecified atom stereocenters. The van der Waals surface area contributed by atoms with Crippen molar-refractivity contribution in [2.24, 2.45) is 17.1 Å². The maximum absolute atomic E-state index is 13.5. The van der Waals surface area contributed by atoms with Crippen molar-refractivity contribution in [1.82, 2.24) is 19.5 Å². The number of hydrogen-bond donors (Lipinski definition) is 1. The average Bonchev–Trinajstić information content (AvgIpc) is 3.37. The lowest BCUT2D eigenvalue weighted by Gasteiger charge is -2.32. The molecule has 1 fully saturated rings. The summed E-state index contributed by atoms with van der Waals surface area (Å²) < 4.78 is 74.0. The van der Waals surface area contributed by atoms with Crippen molar-refractivity contribution in [2.45, 2.75) is 45.1 Å². The van der Waals surface area contributed by atoms with Crippen LogP contribution in [0.25, 0.3) is 16.9 Å². The third kappa shape index (κ3) is 7.45. The number of aryl methyl sites for hydroxylation is 1. The fourth-order valence-electron chi connectivity index (χ4n) is 3.93. The molecule has 1 aliphatic heterocycles. The summed E-state index contributed by atoms with van der Waals surface area (Å²) in [6.07, 6.45) is -5.84. The van der Waals surface area contributed by atoms with Crippen molar-refractivity contribution < 1.29 is 45.7 Å². The van der Waals surface area contributed by atoms with Gasteiger partial charge in [0.2, 0.25) is 11.2 Å². The Labute approximate surface area is 250 Å². The zero-order valence-electron chi connectivity index (χ0n) is 24.0. The number of nitrogens with one attached hydrogen (secondary N) is 1. The lowest BCUT2D eigenvalue weighted by Crippen LogP contribution is -2.56. The summed E-state index contributed by atoms with van der Waals surface area (Å²) in [5.74, 6) is -2.70. The molecule has 3 aromatic rings. The molecule has 44 heavy (non-hydrogen) atoms. The molecule has 0 radical (unpaired) electrons. The monoisotopic (exact) mass is 638 g/mol. The maximum Gasteiger partial charge on any atom is 0.435 e. The maximum atomic E-state index is 13.5. The first-order valence-electron chi connectivity index (χ1n) is 13.3. The normalized spacial score (nSPS) is 15.1. The van der Waals surface area contributed by atoms with E-state index in [2.05, 4.69) is 10.4 Å². The molecule has 0 aliphatic carbocycles. The zero-order chi connectivity index (χ0) is 32.4. The molecular formula is C27H29F3N6O7S. The summed E-state index contributed by atoms with van der Waals surface area (Å²) in [5, 5.41) is 20.1. The number of alkyl halides is 3. The molecule has 13 nitrogen and oxygen atoms in total. The van der Waals surface area contributed by atoms with Crippen LogP contribution in [-0.4, -0.2) is 59.4 Å². The van der Waals surface area contributed by atoms with E-state index in [-0.39, 0.29) is 34.3 Å². The van der Waals surface area contributed by atoms with Gasteiger partial charge in [-0.1, -0.05) is 43.7 Å². The third-order valence-electron chi connectivity index (χ3n) is 6.47. The van der Waals surface area contributed by atoms with E-state index in [9.17, 15) is 36.4 Å². The van der Waals surface area contributed by atoms with Crippen molar-refractivity contribution in [3.05, 3.63) is 71.1 Å². The number of hydrogen-bond acceptors (Lipinski definition) is 9. The molecule has 2 aromatic carbocycles. The second-order valence-electron chi connectivity index (χ2n) is 10.3. The van der Waals surface area contributed by atoms with Gasteiger partial charge in [-0.3, -0.25) is 14.4 Å². The van der Waals surface area contributed by atoms with Gasteiger partial charge in [-0.2, -0.15) is 18.3 Å². The van der Waals surface area contributed by atoms with Crippen LogP contribution in [0, 0.1) is 24.0 Å². The second-order valence-corrected chi connectivity index (χ2v) is 12.0. The minimum Gasteiger partial charge on any atom is -0.569 e. The highest BCUT2D eigenvalue weighted by molar-refractivity contribution is 7.90. The van der Waals surface area contributed by atoms with Crippen molar-refractivity contribution in [3.8, 4) is 16.9 Å². The van der Waals surface area contributed by atoms with E-state index in [0.717, 1.165) is 33.5 Å². The fourth-order valence-corrected chi connectivity index (χ4v) is 4.97. The van der Waals surface area contributed by atoms with Gasteiger partial charge in [0, 0.05) is 12.5 Å². The van der Waals surface area contributed by atoms with Crippen molar-refractivity contribution in [3.63, 3.8) is 0 Å². The Morgan fingerprint density at radius 2 is 1.70 bits per heavy atom. The number of benzene rings is 2. The lowest BCUT2D eigenvalue weighted by atomic mass is 10.0. The predicted molar refractivity (Wildman–Crippen MR) is 147 cm³/mol. The van der Waals surface area contributed by atoms with E-state index in [0.29, 0.717) is 5.56 Å². The molecule has 17 heteroatoms. The van der Waals surface area contributed by atoms with Crippen LogP contribution in [0.5, 0.6) is 0 Å². The van der Waals surface area contributed by atoms with E-state index in [1.807, 2.05) is 11.6 Å². The number of aromatic nitrogens is 2. The smallest absolute Gasteiger partial charge is 0.435 e. The number of sulfonamides is 1. The summed E-state index contributed by atoms with van der Waals surface area (Å²) in [4.78, 5) is 28.7. The molecule has 1 saturated heterocycles. The topological polar surface area (TPSA) is 158 Å². The van der Waals surface area contributed by atoms with Gasteiger partial charge in [0.05, 0.1) is 46.2 Å². The molecule has 1 amide bonds. The van der Waals surface area contributed by atoms with Gasteiger partial charge in [-0.15, -0.1) is 5.01 Å². The summed E-state index contributed by atoms with van der Waals surface area (Å²) in [6, 6.07) is 12.5. The lowest BCUT2D eigenvalue weighted by molar-refractivity contribution is -0.727. The third-order valence-corrected chi connectivity index (χ3v) is 7.83. The second kappa shape index (κ2) is 12.5. The van der Waals surface area contributed by atoms with Gasteiger partial charge >= 0.3 is 12.1 Å². The molecule has 1 aromatic heterocycles. The summed E-state index contributed by atoms with van der Waals surface area (Å²) in [7, 11) is -4.36. The van der Waals surface area contributed by atoms with Crippen LogP contribution in [0.15, 0.2) is 64.8 Å². The average molecular weight is 639 g/mol. The standard InChI is InChI=1S/C27H29F3N6O7S/c1-16(2)26(38)42-18(4)43-33-36(39)34-14-20(15-34)25(37)32-44(40,41)22-11-9-21(10-12-22)35-23(13-24(31-35)27(28,29)30)19-7-5-17(3)6-8-19/h5-13,16,18,20H,14-15H2,1-4H3,(H,32,37)/b36-33-. The first-order valence-corrected chi connectivity index (χ1v) is 14.7. The highest BCUT2D eigenvalue weighted by Gasteiger charge is 2.40. The Balaban J connectivity index is 1.40. The van der Waals surface area contributed by atoms with Crippen LogP contribution >= 0.6 is 0 Å². The fraction of sp³-hybridized carbons (Fsp3) is 0.370. The van der Waals surface area contributed by atoms with Crippen molar-refractivity contribution >= 4 is 21.9 Å². The van der Waals surface area contributed by atoms with Gasteiger partial charge in [-0.25, -0.2) is 17.8 Å². The minimum atomic E-state index is -4.71. The SMILES string of the molecule is Cc1ccc(-c2cc(C(F)(F)F)nn2-c2ccc(S(=O)(=O)NC(=O)C3CN(/[N+]([O-])=N/OC(C)OC(=O)C(C)C)C3)cc2)cc1. The molecule has 1 N–H and O–H groups in total. The van der Waals surface area contributed by atoms with Gasteiger partial charge in [-0.05, 0) is 37.3 Å². The van der Waals surface area contributed by atoms with Crippen molar-refractivity contribution in [1.29, 1.82) is 0 Å². The number of hydrazine groups is 1. The van der Waals surface area contributed by atoms with E-state index >= 15 is 0 Å². The first kappa shape index (κ1) is 32.2. The predicted octanol–water partition coefficient (Wildman–Crippen LogP) is 3.96. The number of amides is 1. The Morgan fingerprint density at radius 3 is 2.27 bits per heavy atom. The van der Waals surface area contributed by atoms with Crippen LogP contribution in [0.4, 0.5) is 13.2 Å². The van der Waals surface area contributed by atoms with E-state index in [1.54, 1.807) is 38.1 Å². The summed E-state index contributed by atoms with van der Waals surface area (Å²) in [5.41, 5.74) is 0.563. The van der Waals surface area contributed by atoms with Crippen molar-refractivity contribution in [2.75, 3.05) is 13.1 Å². The van der Waals surface area contributed by atoms with Gasteiger partial charge < -0.3 is 9.94 Å². The molecular weight excluding hydrogens is 609 g/mol. The van der Waals surface area contributed by atoms with Crippen LogP contribution in [-0.2, 0) is 35.4 Å². The van der Waals surface area contributed by atoms with Gasteiger partial charge in [0.25, 0.3) is 16.3 Å². The Morgan fingerprint density at radius 1 is 1.09 bits per heavy atom. The summed E-state index contributed by atoms with van der Waals surface area (Å²) in [6.45, 7) is 6.10. The molecule has 236 valence electrons. The number of halogens is 3. The Hall–Kier alpha value is -4.67. The van der Waals surface area contributed by atoms with Crippen LogP contribution in [0.2, 0.25) is 0 Å². The number of nitrogens with zero attached hydrogens (tertiary/aromatic N) is 5. The summed E-state index contributed by atoms with van der Waals surface area (Å²) >= 11 is 0. The van der Waals surface area contributed by atoms with Crippen LogP contribution in [0.1, 0.15) is 32.0 Å². The zero-order valence-corrected chi connectivity index (χ0v) is 24.8. The molecule has 2 heterocycles. The molecule has 0 spiro atoms. The molecule has 4 rings (SSSR count). The first-order chi connectivity index (χ1) is 20.5. The Bertz CT molecular complexity index is 1650. The number of ether oxygens (including phenoxy) is 1. The molecule has 0 saturated carbocycles. The van der Waals surface area contributed by atoms with E-state index in [1.165, 1.54) is 19.1 Å².